The van der Waals surface area contributed by atoms with Gasteiger partial charge in [-0.15, -0.1) is 0 Å². The van der Waals surface area contributed by atoms with Crippen molar-refractivity contribution in [1.82, 2.24) is 5.32 Å². The molecule has 0 aliphatic heterocycles. The third-order valence-electron chi connectivity index (χ3n) is 3.40. The van der Waals surface area contributed by atoms with Crippen molar-refractivity contribution in [2.45, 2.75) is 19.4 Å². The lowest BCUT2D eigenvalue weighted by atomic mass is 9.98. The molecule has 0 bridgehead atoms. The van der Waals surface area contributed by atoms with Crippen LogP contribution in [0.5, 0.6) is 0 Å². The van der Waals surface area contributed by atoms with Crippen LogP contribution in [0.25, 0.3) is 0 Å². The number of likely N-dealkylation sites (N-methyl/N-ethyl adjacent to an activating group) is 1. The molecule has 0 fully saturated rings. The molecule has 2 aromatic carbocycles. The zero-order valence-electron chi connectivity index (χ0n) is 11.4. The first-order valence-electron chi connectivity index (χ1n) is 6.39. The maximum Gasteiger partial charge on any atom is 0.142 e. The summed E-state index contributed by atoms with van der Waals surface area (Å²) in [6.45, 7) is 1.72. The minimum absolute atomic E-state index is 0.121. The number of hydrogen-bond donors (Lipinski definition) is 1. The fourth-order valence-electron chi connectivity index (χ4n) is 2.14. The lowest BCUT2D eigenvalue weighted by Gasteiger charge is -2.18. The Morgan fingerprint density at radius 1 is 1.15 bits per heavy atom. The number of aryl methyl sites for hydroxylation is 1. The highest BCUT2D eigenvalue weighted by atomic mass is 35.5. The molecule has 2 aromatic rings. The smallest absolute Gasteiger partial charge is 0.142 e. The molecule has 106 valence electrons. The number of benzene rings is 2. The third kappa shape index (κ3) is 3.17. The second kappa shape index (κ2) is 6.33. The van der Waals surface area contributed by atoms with Crippen LogP contribution in [0.1, 0.15) is 22.7 Å². The SMILES string of the molecule is CNC(Cc1cccc(F)c1Cl)c1ccc(C)c(F)c1. The summed E-state index contributed by atoms with van der Waals surface area (Å²) in [5, 5.41) is 3.24. The Balaban J connectivity index is 2.28. The summed E-state index contributed by atoms with van der Waals surface area (Å²) in [4.78, 5) is 0. The Kier molecular flexibility index (Phi) is 4.73. The molecule has 0 saturated heterocycles. The first-order valence-corrected chi connectivity index (χ1v) is 6.77. The van der Waals surface area contributed by atoms with Crippen molar-refractivity contribution in [3.63, 3.8) is 0 Å². The standard InChI is InChI=1S/C16H16ClF2N/c1-10-6-7-11(8-14(10)19)15(20-2)9-12-4-3-5-13(18)16(12)17/h3-8,15,20H,9H2,1-2H3. The van der Waals surface area contributed by atoms with E-state index in [1.165, 1.54) is 12.1 Å². The van der Waals surface area contributed by atoms with Crippen LogP contribution in [-0.2, 0) is 6.42 Å². The van der Waals surface area contributed by atoms with E-state index in [4.69, 9.17) is 11.6 Å². The van der Waals surface area contributed by atoms with Gasteiger partial charge in [0.15, 0.2) is 0 Å². The largest absolute Gasteiger partial charge is 0.313 e. The van der Waals surface area contributed by atoms with Crippen molar-refractivity contribution < 1.29 is 8.78 Å². The lowest BCUT2D eigenvalue weighted by Crippen LogP contribution is -2.19. The quantitative estimate of drug-likeness (QED) is 0.880. The molecule has 2 rings (SSSR count). The number of hydrogen-bond acceptors (Lipinski definition) is 1. The Hall–Kier alpha value is -1.45. The van der Waals surface area contributed by atoms with Crippen LogP contribution in [0.4, 0.5) is 8.78 Å². The molecule has 0 spiro atoms. The minimum atomic E-state index is -0.436. The molecule has 0 radical (unpaired) electrons. The van der Waals surface area contributed by atoms with E-state index in [9.17, 15) is 8.78 Å². The van der Waals surface area contributed by atoms with Gasteiger partial charge in [0.05, 0.1) is 5.02 Å². The Morgan fingerprint density at radius 3 is 2.55 bits per heavy atom. The molecule has 0 aliphatic rings. The number of halogens is 3. The highest BCUT2D eigenvalue weighted by Gasteiger charge is 2.15. The van der Waals surface area contributed by atoms with Crippen molar-refractivity contribution in [3.05, 3.63) is 69.7 Å². The van der Waals surface area contributed by atoms with E-state index in [2.05, 4.69) is 5.32 Å². The van der Waals surface area contributed by atoms with Crippen LogP contribution in [-0.4, -0.2) is 7.05 Å². The predicted octanol–water partition coefficient (Wildman–Crippen LogP) is 4.43. The summed E-state index contributed by atoms with van der Waals surface area (Å²) in [6, 6.07) is 9.72. The maximum atomic E-state index is 13.6. The second-order valence-electron chi connectivity index (χ2n) is 4.77. The van der Waals surface area contributed by atoms with E-state index in [-0.39, 0.29) is 16.9 Å². The Morgan fingerprint density at radius 2 is 1.90 bits per heavy atom. The molecule has 0 aromatic heterocycles. The predicted molar refractivity (Wildman–Crippen MR) is 78.1 cm³/mol. The molecule has 4 heteroatoms. The topological polar surface area (TPSA) is 12.0 Å². The fourth-order valence-corrected chi connectivity index (χ4v) is 2.34. The van der Waals surface area contributed by atoms with Gasteiger partial charge in [0.2, 0.25) is 0 Å². The summed E-state index contributed by atoms with van der Waals surface area (Å²) >= 11 is 5.96. The molecular formula is C16H16ClF2N. The van der Waals surface area contributed by atoms with Crippen molar-refractivity contribution in [1.29, 1.82) is 0 Å². The highest BCUT2D eigenvalue weighted by molar-refractivity contribution is 6.31. The highest BCUT2D eigenvalue weighted by Crippen LogP contribution is 2.26. The van der Waals surface area contributed by atoms with Gasteiger partial charge in [-0.25, -0.2) is 8.78 Å². The van der Waals surface area contributed by atoms with Gasteiger partial charge in [-0.3, -0.25) is 0 Å². The fraction of sp³-hybridized carbons (Fsp3) is 0.250. The lowest BCUT2D eigenvalue weighted by molar-refractivity contribution is 0.570. The average molecular weight is 296 g/mol. The maximum absolute atomic E-state index is 13.6. The van der Waals surface area contributed by atoms with E-state index in [1.807, 2.05) is 6.07 Å². The molecule has 1 nitrogen and oxygen atoms in total. The van der Waals surface area contributed by atoms with E-state index >= 15 is 0 Å². The van der Waals surface area contributed by atoms with Crippen LogP contribution in [0.15, 0.2) is 36.4 Å². The van der Waals surface area contributed by atoms with Crippen LogP contribution >= 0.6 is 11.6 Å². The van der Waals surface area contributed by atoms with E-state index < -0.39 is 5.82 Å². The van der Waals surface area contributed by atoms with Crippen molar-refractivity contribution in [3.8, 4) is 0 Å². The van der Waals surface area contributed by atoms with Gasteiger partial charge >= 0.3 is 0 Å². The molecule has 1 atom stereocenters. The van der Waals surface area contributed by atoms with Gasteiger partial charge in [-0.05, 0) is 49.2 Å². The minimum Gasteiger partial charge on any atom is -0.313 e. The molecule has 20 heavy (non-hydrogen) atoms. The molecule has 1 N–H and O–H groups in total. The zero-order chi connectivity index (χ0) is 14.7. The Bertz CT molecular complexity index is 613. The monoisotopic (exact) mass is 295 g/mol. The van der Waals surface area contributed by atoms with E-state index in [1.54, 1.807) is 32.2 Å². The first kappa shape index (κ1) is 14.9. The molecule has 1 unspecified atom stereocenters. The number of nitrogens with one attached hydrogen (secondary N) is 1. The van der Waals surface area contributed by atoms with Crippen LogP contribution in [0, 0.1) is 18.6 Å². The van der Waals surface area contributed by atoms with Gasteiger partial charge < -0.3 is 5.32 Å². The van der Waals surface area contributed by atoms with Crippen LogP contribution in [0.2, 0.25) is 5.02 Å². The van der Waals surface area contributed by atoms with Gasteiger partial charge in [-0.1, -0.05) is 35.9 Å². The van der Waals surface area contributed by atoms with E-state index in [0.29, 0.717) is 17.5 Å². The van der Waals surface area contributed by atoms with Gasteiger partial charge in [-0.2, -0.15) is 0 Å². The van der Waals surface area contributed by atoms with Crippen LogP contribution in [0.3, 0.4) is 0 Å². The normalized spacial score (nSPS) is 12.4. The van der Waals surface area contributed by atoms with E-state index in [0.717, 1.165) is 5.56 Å². The van der Waals surface area contributed by atoms with Crippen molar-refractivity contribution in [2.75, 3.05) is 7.05 Å². The van der Waals surface area contributed by atoms with Gasteiger partial charge in [0.25, 0.3) is 0 Å². The first-order chi connectivity index (χ1) is 9.52. The van der Waals surface area contributed by atoms with Gasteiger partial charge in [0, 0.05) is 6.04 Å². The molecule has 0 amide bonds. The zero-order valence-corrected chi connectivity index (χ0v) is 12.1. The summed E-state index contributed by atoms with van der Waals surface area (Å²) < 4.78 is 27.1. The molecular weight excluding hydrogens is 280 g/mol. The molecule has 0 aliphatic carbocycles. The summed E-state index contributed by atoms with van der Waals surface area (Å²) in [6.07, 6.45) is 0.496. The summed E-state index contributed by atoms with van der Waals surface area (Å²) in [7, 11) is 1.79. The summed E-state index contributed by atoms with van der Waals surface area (Å²) in [5.41, 5.74) is 2.12. The summed E-state index contributed by atoms with van der Waals surface area (Å²) in [5.74, 6) is -0.679. The van der Waals surface area contributed by atoms with Crippen molar-refractivity contribution in [2.24, 2.45) is 0 Å². The third-order valence-corrected chi connectivity index (χ3v) is 3.83. The van der Waals surface area contributed by atoms with Crippen molar-refractivity contribution >= 4 is 11.6 Å². The van der Waals surface area contributed by atoms with Gasteiger partial charge in [0.1, 0.15) is 11.6 Å². The Labute approximate surface area is 122 Å². The average Bonchev–Trinajstić information content (AvgIpc) is 2.44. The van der Waals surface area contributed by atoms with Crippen LogP contribution < -0.4 is 5.32 Å². The molecule has 0 saturated carbocycles. The number of rotatable bonds is 4. The second-order valence-corrected chi connectivity index (χ2v) is 5.14. The molecule has 0 heterocycles.